The molecule has 1 rings (SSSR count). The number of hydrogen-bond acceptors (Lipinski definition) is 1. The zero-order valence-electron chi connectivity index (χ0n) is 9.76. The van der Waals surface area contributed by atoms with E-state index in [2.05, 4.69) is 32.9 Å². The first-order chi connectivity index (χ1) is 6.21. The number of benzene rings is 1. The first-order valence-corrected chi connectivity index (χ1v) is 5.04. The van der Waals surface area contributed by atoms with Gasteiger partial charge in [0.15, 0.2) is 0 Å². The molecule has 0 heterocycles. The van der Waals surface area contributed by atoms with Gasteiger partial charge < -0.3 is 5.11 Å². The second-order valence-corrected chi connectivity index (χ2v) is 5.39. The van der Waals surface area contributed by atoms with E-state index >= 15 is 0 Å². The van der Waals surface area contributed by atoms with E-state index in [9.17, 15) is 5.11 Å². The fraction of sp³-hybridized carbons (Fsp3) is 0.538. The van der Waals surface area contributed by atoms with Crippen molar-refractivity contribution in [3.8, 4) is 0 Å². The van der Waals surface area contributed by atoms with Crippen LogP contribution in [0.5, 0.6) is 0 Å². The quantitative estimate of drug-likeness (QED) is 0.724. The molecule has 1 N–H and O–H groups in total. The summed E-state index contributed by atoms with van der Waals surface area (Å²) in [5.74, 6) is 0. The fourth-order valence-corrected chi connectivity index (χ4v) is 1.38. The van der Waals surface area contributed by atoms with E-state index in [0.29, 0.717) is 0 Å². The van der Waals surface area contributed by atoms with E-state index in [1.165, 1.54) is 5.56 Å². The molecule has 1 nitrogen and oxygen atoms in total. The summed E-state index contributed by atoms with van der Waals surface area (Å²) in [6.45, 7) is 10.2. The zero-order chi connectivity index (χ0) is 11.0. The Hall–Kier alpha value is -0.820. The third-order valence-electron chi connectivity index (χ3n) is 2.46. The molecule has 0 aromatic heterocycles. The maximum atomic E-state index is 9.78. The second-order valence-electron chi connectivity index (χ2n) is 5.39. The topological polar surface area (TPSA) is 20.2 Å². The van der Waals surface area contributed by atoms with E-state index in [1.807, 2.05) is 12.1 Å². The fourth-order valence-electron chi connectivity index (χ4n) is 1.38. The van der Waals surface area contributed by atoms with Crippen LogP contribution in [0.2, 0.25) is 0 Å². The minimum Gasteiger partial charge on any atom is -0.386 e. The van der Waals surface area contributed by atoms with Crippen molar-refractivity contribution >= 4 is 0 Å². The van der Waals surface area contributed by atoms with E-state index in [-0.39, 0.29) is 5.41 Å². The highest BCUT2D eigenvalue weighted by Crippen LogP contribution is 2.25. The lowest BCUT2D eigenvalue weighted by atomic mass is 9.85. The minimum absolute atomic E-state index is 0.179. The maximum absolute atomic E-state index is 9.78. The lowest BCUT2D eigenvalue weighted by molar-refractivity contribution is 0.0785. The van der Waals surface area contributed by atoms with Crippen molar-refractivity contribution in [1.82, 2.24) is 0 Å². The molecule has 0 amide bonds. The summed E-state index contributed by atoms with van der Waals surface area (Å²) in [6, 6.07) is 8.18. The van der Waals surface area contributed by atoms with Crippen molar-refractivity contribution in [2.45, 2.75) is 45.6 Å². The van der Waals surface area contributed by atoms with Crippen LogP contribution in [0.3, 0.4) is 0 Å². The summed E-state index contributed by atoms with van der Waals surface area (Å²) in [4.78, 5) is 0. The maximum Gasteiger partial charge on any atom is 0.0840 e. The molecule has 0 bridgehead atoms. The van der Waals surface area contributed by atoms with Crippen LogP contribution in [-0.2, 0) is 11.0 Å². The van der Waals surface area contributed by atoms with Crippen LogP contribution < -0.4 is 0 Å². The Morgan fingerprint density at radius 2 is 1.14 bits per heavy atom. The van der Waals surface area contributed by atoms with Crippen LogP contribution in [-0.4, -0.2) is 5.11 Å². The summed E-state index contributed by atoms with van der Waals surface area (Å²) in [7, 11) is 0. The largest absolute Gasteiger partial charge is 0.386 e. The Bertz CT molecular complexity index is 262. The van der Waals surface area contributed by atoms with E-state index < -0.39 is 5.60 Å². The van der Waals surface area contributed by atoms with Gasteiger partial charge in [-0.05, 0) is 30.4 Å². The predicted octanol–water partition coefficient (Wildman–Crippen LogP) is 3.21. The number of aliphatic hydroxyl groups is 1. The van der Waals surface area contributed by atoms with Crippen molar-refractivity contribution in [3.05, 3.63) is 35.4 Å². The van der Waals surface area contributed by atoms with Gasteiger partial charge in [0.05, 0.1) is 5.60 Å². The third kappa shape index (κ3) is 2.58. The van der Waals surface area contributed by atoms with Crippen molar-refractivity contribution in [1.29, 1.82) is 0 Å². The van der Waals surface area contributed by atoms with Gasteiger partial charge in [-0.15, -0.1) is 0 Å². The van der Waals surface area contributed by atoms with Gasteiger partial charge in [-0.25, -0.2) is 0 Å². The Labute approximate surface area is 86.8 Å². The summed E-state index contributed by atoms with van der Waals surface area (Å²) in [5, 5.41) is 9.78. The summed E-state index contributed by atoms with van der Waals surface area (Å²) in [5.41, 5.74) is 1.70. The predicted molar refractivity (Wildman–Crippen MR) is 60.4 cm³/mol. The van der Waals surface area contributed by atoms with E-state index in [1.54, 1.807) is 13.8 Å². The lowest BCUT2D eigenvalue weighted by Crippen LogP contribution is -2.16. The highest BCUT2D eigenvalue weighted by Gasteiger charge is 2.18. The molecule has 0 saturated carbocycles. The number of rotatable bonds is 1. The van der Waals surface area contributed by atoms with Gasteiger partial charge in [0.1, 0.15) is 0 Å². The molecule has 0 fully saturated rings. The highest BCUT2D eigenvalue weighted by atomic mass is 16.3. The van der Waals surface area contributed by atoms with Gasteiger partial charge in [-0.2, -0.15) is 0 Å². The van der Waals surface area contributed by atoms with Gasteiger partial charge in [-0.3, -0.25) is 0 Å². The normalized spacial score (nSPS) is 13.0. The van der Waals surface area contributed by atoms with Crippen molar-refractivity contribution < 1.29 is 5.11 Å². The molecule has 0 spiro atoms. The molecular weight excluding hydrogens is 172 g/mol. The van der Waals surface area contributed by atoms with Crippen LogP contribution in [0.25, 0.3) is 0 Å². The monoisotopic (exact) mass is 192 g/mol. The average molecular weight is 192 g/mol. The smallest absolute Gasteiger partial charge is 0.0840 e. The molecule has 78 valence electrons. The molecule has 1 aromatic carbocycles. The van der Waals surface area contributed by atoms with Crippen LogP contribution in [0, 0.1) is 0 Å². The number of hydrogen-bond donors (Lipinski definition) is 1. The molecule has 0 aliphatic heterocycles. The van der Waals surface area contributed by atoms with Crippen LogP contribution in [0.4, 0.5) is 0 Å². The summed E-state index contributed by atoms with van der Waals surface area (Å²) < 4.78 is 0. The van der Waals surface area contributed by atoms with Crippen molar-refractivity contribution in [2.75, 3.05) is 0 Å². The molecule has 1 heteroatoms. The van der Waals surface area contributed by atoms with Crippen LogP contribution >= 0.6 is 0 Å². The highest BCUT2D eigenvalue weighted by molar-refractivity contribution is 5.29. The molecule has 0 atom stereocenters. The van der Waals surface area contributed by atoms with Gasteiger partial charge in [0.2, 0.25) is 0 Å². The zero-order valence-corrected chi connectivity index (χ0v) is 9.76. The Morgan fingerprint density at radius 3 is 1.43 bits per heavy atom. The minimum atomic E-state index is -0.740. The molecule has 0 aliphatic rings. The molecule has 0 unspecified atom stereocenters. The third-order valence-corrected chi connectivity index (χ3v) is 2.46. The SMILES string of the molecule is CC(C)(C)c1ccc(C(C)(C)O)cc1. The van der Waals surface area contributed by atoms with E-state index in [4.69, 9.17) is 0 Å². The summed E-state index contributed by atoms with van der Waals surface area (Å²) in [6.07, 6.45) is 0. The van der Waals surface area contributed by atoms with Gasteiger partial charge in [0, 0.05) is 0 Å². The molecule has 14 heavy (non-hydrogen) atoms. The lowest BCUT2D eigenvalue weighted by Gasteiger charge is -2.22. The standard InChI is InChI=1S/C13H20O/c1-12(2,3)10-6-8-11(9-7-10)13(4,5)14/h6-9,14H,1-5H3. The van der Waals surface area contributed by atoms with Crippen molar-refractivity contribution in [2.24, 2.45) is 0 Å². The van der Waals surface area contributed by atoms with Crippen LogP contribution in [0.1, 0.15) is 45.7 Å². The first kappa shape index (κ1) is 11.3. The van der Waals surface area contributed by atoms with Gasteiger partial charge >= 0.3 is 0 Å². The molecular formula is C13H20O. The Morgan fingerprint density at radius 1 is 0.786 bits per heavy atom. The Kier molecular flexibility index (Phi) is 2.73. The van der Waals surface area contributed by atoms with Gasteiger partial charge in [0.25, 0.3) is 0 Å². The van der Waals surface area contributed by atoms with E-state index in [0.717, 1.165) is 5.56 Å². The van der Waals surface area contributed by atoms with Gasteiger partial charge in [-0.1, -0.05) is 45.0 Å². The first-order valence-electron chi connectivity index (χ1n) is 5.04. The molecule has 1 aromatic rings. The molecule has 0 aliphatic carbocycles. The second kappa shape index (κ2) is 3.39. The molecule has 0 saturated heterocycles. The molecule has 0 radical (unpaired) electrons. The van der Waals surface area contributed by atoms with Crippen molar-refractivity contribution in [3.63, 3.8) is 0 Å². The summed E-state index contributed by atoms with van der Waals surface area (Å²) >= 11 is 0. The Balaban J connectivity index is 3.02. The van der Waals surface area contributed by atoms with Crippen LogP contribution in [0.15, 0.2) is 24.3 Å². The average Bonchev–Trinajstić information content (AvgIpc) is 2.01.